The van der Waals surface area contributed by atoms with Crippen LogP contribution < -0.4 is 20.2 Å². The fourth-order valence-corrected chi connectivity index (χ4v) is 3.16. The first-order valence-corrected chi connectivity index (χ1v) is 10.6. The minimum absolute atomic E-state index is 0.211. The van der Waals surface area contributed by atoms with E-state index in [1.54, 1.807) is 60.7 Å². The van der Waals surface area contributed by atoms with Gasteiger partial charge in [0.2, 0.25) is 0 Å². The van der Waals surface area contributed by atoms with Crippen molar-refractivity contribution in [2.45, 2.75) is 0 Å². The summed E-state index contributed by atoms with van der Waals surface area (Å²) in [6, 6.07) is 18.0. The number of esters is 1. The lowest BCUT2D eigenvalue weighted by molar-refractivity contribution is -0.136. The van der Waals surface area contributed by atoms with Crippen molar-refractivity contribution in [1.29, 1.82) is 0 Å². The molecule has 3 aromatic rings. The summed E-state index contributed by atoms with van der Waals surface area (Å²) in [5, 5.41) is 6.46. The molecule has 0 radical (unpaired) electrons. The molecule has 2 amide bonds. The van der Waals surface area contributed by atoms with Crippen molar-refractivity contribution in [1.82, 2.24) is 5.43 Å². The Bertz CT molecular complexity index is 1230. The lowest BCUT2D eigenvalue weighted by Crippen LogP contribution is -2.32. The van der Waals surface area contributed by atoms with Crippen LogP contribution in [0.2, 0.25) is 5.02 Å². The number of nitrogens with zero attached hydrogens (tertiary/aromatic N) is 1. The zero-order valence-corrected chi connectivity index (χ0v) is 19.5. The van der Waals surface area contributed by atoms with E-state index in [9.17, 15) is 14.4 Å². The smallest absolute Gasteiger partial charge is 0.343 e. The summed E-state index contributed by atoms with van der Waals surface area (Å²) < 4.78 is 11.4. The first-order valence-electron chi connectivity index (χ1n) is 9.42. The maximum atomic E-state index is 12.4. The molecule has 0 unspecified atom stereocenters. The fraction of sp³-hybridized carbons (Fsp3) is 0.0435. The number of hydrogen-bond acceptors (Lipinski definition) is 6. The number of hydrogen-bond donors (Lipinski definition) is 2. The highest BCUT2D eigenvalue weighted by molar-refractivity contribution is 9.10. The van der Waals surface area contributed by atoms with E-state index in [1.165, 1.54) is 19.4 Å². The third kappa shape index (κ3) is 6.64. The number of nitrogens with one attached hydrogen (secondary N) is 2. The van der Waals surface area contributed by atoms with Gasteiger partial charge in [-0.15, -0.1) is 0 Å². The van der Waals surface area contributed by atoms with Crippen molar-refractivity contribution in [3.05, 3.63) is 87.4 Å². The summed E-state index contributed by atoms with van der Waals surface area (Å²) in [4.78, 5) is 36.3. The Kier molecular flexibility index (Phi) is 8.17. The predicted molar refractivity (Wildman–Crippen MR) is 128 cm³/mol. The van der Waals surface area contributed by atoms with Gasteiger partial charge in [-0.3, -0.25) is 9.59 Å². The molecule has 0 spiro atoms. The van der Waals surface area contributed by atoms with Gasteiger partial charge in [0, 0.05) is 4.47 Å². The Morgan fingerprint density at radius 3 is 2.48 bits per heavy atom. The summed E-state index contributed by atoms with van der Waals surface area (Å²) in [7, 11) is 1.42. The maximum Gasteiger partial charge on any atom is 0.343 e. The van der Waals surface area contributed by atoms with Gasteiger partial charge in [0.15, 0.2) is 11.5 Å². The molecule has 10 heteroatoms. The minimum Gasteiger partial charge on any atom is -0.493 e. The molecule has 8 nitrogen and oxygen atoms in total. The van der Waals surface area contributed by atoms with Gasteiger partial charge in [-0.1, -0.05) is 45.7 Å². The second-order valence-corrected chi connectivity index (χ2v) is 7.77. The Balaban J connectivity index is 1.62. The lowest BCUT2D eigenvalue weighted by atomic mass is 10.2. The number of para-hydroxylation sites is 1. The number of methoxy groups -OCH3 is 1. The number of ether oxygens (including phenoxy) is 2. The van der Waals surface area contributed by atoms with E-state index in [1.807, 2.05) is 0 Å². The normalized spacial score (nSPS) is 10.5. The Labute approximate surface area is 202 Å². The van der Waals surface area contributed by atoms with Gasteiger partial charge in [0.05, 0.1) is 29.6 Å². The first kappa shape index (κ1) is 24.0. The SMILES string of the molecule is COc1cc(/C=N\NC(=O)C(=O)Nc2ccccc2Cl)ccc1OC(=O)c1cccc(Br)c1. The summed E-state index contributed by atoms with van der Waals surface area (Å²) >= 11 is 9.26. The van der Waals surface area contributed by atoms with E-state index in [4.69, 9.17) is 21.1 Å². The molecule has 0 aromatic heterocycles. The van der Waals surface area contributed by atoms with Crippen LogP contribution in [0, 0.1) is 0 Å². The molecule has 0 heterocycles. The Morgan fingerprint density at radius 1 is 0.970 bits per heavy atom. The van der Waals surface area contributed by atoms with E-state index in [2.05, 4.69) is 31.8 Å². The topological polar surface area (TPSA) is 106 Å². The number of amides is 2. The summed E-state index contributed by atoms with van der Waals surface area (Å²) in [6.07, 6.45) is 1.31. The quantitative estimate of drug-likeness (QED) is 0.161. The third-order valence-electron chi connectivity index (χ3n) is 4.16. The standard InChI is InChI=1S/C23H17BrClN3O5/c1-32-20-11-14(9-10-19(20)33-23(31)15-5-4-6-16(24)12-15)13-26-28-22(30)21(29)27-18-8-3-2-7-17(18)25/h2-13H,1H3,(H,27,29)(H,28,30)/b26-13-. The predicted octanol–water partition coefficient (Wildman–Crippen LogP) is 4.42. The van der Waals surface area contributed by atoms with Crippen LogP contribution in [0.15, 0.2) is 76.3 Å². The van der Waals surface area contributed by atoms with Crippen LogP contribution in [0.1, 0.15) is 15.9 Å². The number of halogens is 2. The van der Waals surface area contributed by atoms with Crippen molar-refractivity contribution in [3.63, 3.8) is 0 Å². The number of carbonyl (C=O) groups is 3. The molecule has 3 rings (SSSR count). The van der Waals surface area contributed by atoms with Gasteiger partial charge in [0.25, 0.3) is 0 Å². The molecule has 0 bridgehead atoms. The first-order chi connectivity index (χ1) is 15.9. The van der Waals surface area contributed by atoms with Crippen LogP contribution in [-0.2, 0) is 9.59 Å². The minimum atomic E-state index is -0.974. The van der Waals surface area contributed by atoms with E-state index in [0.29, 0.717) is 21.8 Å². The van der Waals surface area contributed by atoms with Gasteiger partial charge in [-0.25, -0.2) is 10.2 Å². The average Bonchev–Trinajstić information content (AvgIpc) is 2.81. The molecule has 0 fully saturated rings. The van der Waals surface area contributed by atoms with E-state index < -0.39 is 17.8 Å². The van der Waals surface area contributed by atoms with Crippen molar-refractivity contribution in [2.24, 2.45) is 5.10 Å². The van der Waals surface area contributed by atoms with E-state index >= 15 is 0 Å². The Hall–Kier alpha value is -3.69. The number of benzene rings is 3. The summed E-state index contributed by atoms with van der Waals surface area (Å²) in [6.45, 7) is 0. The molecule has 0 aliphatic heterocycles. The number of carbonyl (C=O) groups excluding carboxylic acids is 3. The molecule has 0 aliphatic carbocycles. The molecule has 33 heavy (non-hydrogen) atoms. The number of rotatable bonds is 6. The second kappa shape index (κ2) is 11.3. The average molecular weight is 531 g/mol. The van der Waals surface area contributed by atoms with Crippen LogP contribution in [0.5, 0.6) is 11.5 Å². The number of anilines is 1. The molecule has 2 N–H and O–H groups in total. The zero-order chi connectivity index (χ0) is 23.8. The van der Waals surface area contributed by atoms with E-state index in [0.717, 1.165) is 4.47 Å². The van der Waals surface area contributed by atoms with Gasteiger partial charge in [-0.05, 0) is 54.1 Å². The van der Waals surface area contributed by atoms with Crippen LogP contribution in [-0.4, -0.2) is 31.1 Å². The number of hydrazone groups is 1. The third-order valence-corrected chi connectivity index (χ3v) is 4.98. The molecule has 0 aliphatic rings. The van der Waals surface area contributed by atoms with Crippen molar-refractivity contribution in [2.75, 3.05) is 12.4 Å². The van der Waals surface area contributed by atoms with Gasteiger partial charge >= 0.3 is 17.8 Å². The largest absolute Gasteiger partial charge is 0.493 e. The summed E-state index contributed by atoms with van der Waals surface area (Å²) in [5.41, 5.74) is 3.33. The molecule has 3 aromatic carbocycles. The van der Waals surface area contributed by atoms with E-state index in [-0.39, 0.29) is 11.5 Å². The van der Waals surface area contributed by atoms with Crippen LogP contribution >= 0.6 is 27.5 Å². The van der Waals surface area contributed by atoms with Crippen LogP contribution in [0.25, 0.3) is 0 Å². The molecule has 168 valence electrons. The monoisotopic (exact) mass is 529 g/mol. The van der Waals surface area contributed by atoms with Gasteiger partial charge in [0.1, 0.15) is 0 Å². The van der Waals surface area contributed by atoms with Gasteiger partial charge in [-0.2, -0.15) is 5.10 Å². The van der Waals surface area contributed by atoms with Crippen molar-refractivity contribution < 1.29 is 23.9 Å². The molecule has 0 atom stereocenters. The highest BCUT2D eigenvalue weighted by atomic mass is 79.9. The molecular formula is C23H17BrClN3O5. The highest BCUT2D eigenvalue weighted by Gasteiger charge is 2.15. The second-order valence-electron chi connectivity index (χ2n) is 6.44. The van der Waals surface area contributed by atoms with Crippen molar-refractivity contribution >= 4 is 57.2 Å². The molecule has 0 saturated carbocycles. The summed E-state index contributed by atoms with van der Waals surface area (Å²) in [5.74, 6) is -1.95. The van der Waals surface area contributed by atoms with Crippen LogP contribution in [0.4, 0.5) is 5.69 Å². The molecular weight excluding hydrogens is 514 g/mol. The highest BCUT2D eigenvalue weighted by Crippen LogP contribution is 2.28. The Morgan fingerprint density at radius 2 is 1.76 bits per heavy atom. The van der Waals surface area contributed by atoms with Crippen LogP contribution in [0.3, 0.4) is 0 Å². The van der Waals surface area contributed by atoms with Gasteiger partial charge < -0.3 is 14.8 Å². The molecule has 0 saturated heterocycles. The van der Waals surface area contributed by atoms with Crippen molar-refractivity contribution in [3.8, 4) is 11.5 Å². The fourth-order valence-electron chi connectivity index (χ4n) is 2.58. The lowest BCUT2D eigenvalue weighted by Gasteiger charge is -2.10. The zero-order valence-electron chi connectivity index (χ0n) is 17.2. The maximum absolute atomic E-state index is 12.4.